The second-order valence-electron chi connectivity index (χ2n) is 3.56. The van der Waals surface area contributed by atoms with E-state index in [-0.39, 0.29) is 12.3 Å². The van der Waals surface area contributed by atoms with Gasteiger partial charge in [-0.1, -0.05) is 11.3 Å². The minimum atomic E-state index is -0.598. The summed E-state index contributed by atoms with van der Waals surface area (Å²) >= 11 is 1.15. The number of nitro benzene ring substituents is 1. The minimum Gasteiger partial charge on any atom is -0.450 e. The average Bonchev–Trinajstić information content (AvgIpc) is 2.87. The fraction of sp³-hybridized carbons (Fsp3) is 0.182. The van der Waals surface area contributed by atoms with Crippen LogP contribution in [0.15, 0.2) is 24.3 Å². The van der Waals surface area contributed by atoms with E-state index in [9.17, 15) is 14.9 Å². The molecule has 0 atom stereocenters. The maximum absolute atomic E-state index is 11.2. The van der Waals surface area contributed by atoms with Crippen LogP contribution in [-0.4, -0.2) is 27.8 Å². The van der Waals surface area contributed by atoms with Crippen LogP contribution in [0.5, 0.6) is 0 Å². The highest BCUT2D eigenvalue weighted by Gasteiger charge is 2.11. The molecule has 20 heavy (non-hydrogen) atoms. The zero-order valence-electron chi connectivity index (χ0n) is 10.4. The van der Waals surface area contributed by atoms with Gasteiger partial charge in [-0.15, -0.1) is 10.2 Å². The number of aromatic nitrogens is 2. The molecule has 2 rings (SSSR count). The largest absolute Gasteiger partial charge is 0.450 e. The lowest BCUT2D eigenvalue weighted by molar-refractivity contribution is -0.384. The fourth-order valence-electron chi connectivity index (χ4n) is 1.37. The Bertz CT molecular complexity index is 626. The summed E-state index contributed by atoms with van der Waals surface area (Å²) in [5, 5.41) is 21.5. The van der Waals surface area contributed by atoms with Crippen molar-refractivity contribution >= 4 is 28.2 Å². The Balaban J connectivity index is 2.12. The van der Waals surface area contributed by atoms with E-state index in [1.165, 1.54) is 12.1 Å². The lowest BCUT2D eigenvalue weighted by Gasteiger charge is -1.99. The molecular formula is C11H10N4O4S. The number of nitrogens with zero attached hydrogens (tertiary/aromatic N) is 3. The van der Waals surface area contributed by atoms with Crippen LogP contribution < -0.4 is 5.32 Å². The van der Waals surface area contributed by atoms with Crippen LogP contribution in [0.3, 0.4) is 0 Å². The zero-order chi connectivity index (χ0) is 14.5. The predicted octanol–water partition coefficient (Wildman–Crippen LogP) is 2.68. The van der Waals surface area contributed by atoms with Crippen LogP contribution in [-0.2, 0) is 4.74 Å². The molecule has 0 radical (unpaired) electrons. The fourth-order valence-corrected chi connectivity index (χ4v) is 2.11. The topological polar surface area (TPSA) is 107 Å². The van der Waals surface area contributed by atoms with Crippen LogP contribution in [0.2, 0.25) is 0 Å². The molecule has 0 aliphatic heterocycles. The standard InChI is InChI=1S/C11H10N4O4S/c1-2-19-11(16)12-10-14-13-9(20-10)7-3-5-8(6-4-7)15(17)18/h3-6H,2H2,1H3,(H,12,14,16). The highest BCUT2D eigenvalue weighted by atomic mass is 32.1. The molecule has 0 aliphatic rings. The van der Waals surface area contributed by atoms with Gasteiger partial charge in [0.15, 0.2) is 0 Å². The number of benzene rings is 1. The van der Waals surface area contributed by atoms with Gasteiger partial charge < -0.3 is 4.74 Å². The summed E-state index contributed by atoms with van der Waals surface area (Å²) < 4.78 is 4.72. The number of amides is 1. The molecule has 8 nitrogen and oxygen atoms in total. The van der Waals surface area contributed by atoms with Gasteiger partial charge in [0.25, 0.3) is 5.69 Å². The molecule has 1 aromatic heterocycles. The van der Waals surface area contributed by atoms with Crippen molar-refractivity contribution < 1.29 is 14.5 Å². The molecule has 0 bridgehead atoms. The SMILES string of the molecule is CCOC(=O)Nc1nnc(-c2ccc([N+](=O)[O-])cc2)s1. The summed E-state index contributed by atoms with van der Waals surface area (Å²) in [7, 11) is 0. The van der Waals surface area contributed by atoms with Crippen LogP contribution in [0.4, 0.5) is 15.6 Å². The zero-order valence-corrected chi connectivity index (χ0v) is 11.2. The van der Waals surface area contributed by atoms with Crippen molar-refractivity contribution in [1.82, 2.24) is 10.2 Å². The molecule has 0 unspecified atom stereocenters. The van der Waals surface area contributed by atoms with Gasteiger partial charge in [0.2, 0.25) is 5.13 Å². The molecule has 1 aromatic carbocycles. The minimum absolute atomic E-state index is 0.00290. The molecule has 1 heterocycles. The summed E-state index contributed by atoms with van der Waals surface area (Å²) in [6.07, 6.45) is -0.598. The number of nitro groups is 1. The summed E-state index contributed by atoms with van der Waals surface area (Å²) in [6, 6.07) is 5.92. The van der Waals surface area contributed by atoms with Gasteiger partial charge >= 0.3 is 6.09 Å². The Labute approximate surface area is 117 Å². The van der Waals surface area contributed by atoms with Gasteiger partial charge in [0.1, 0.15) is 5.01 Å². The number of carbonyl (C=O) groups is 1. The molecule has 0 spiro atoms. The number of nitrogens with one attached hydrogen (secondary N) is 1. The molecule has 2 aromatic rings. The predicted molar refractivity (Wildman–Crippen MR) is 72.6 cm³/mol. The number of hydrogen-bond donors (Lipinski definition) is 1. The van der Waals surface area contributed by atoms with Gasteiger partial charge in [-0.3, -0.25) is 15.4 Å². The lowest BCUT2D eigenvalue weighted by Crippen LogP contribution is -2.12. The first-order valence-corrected chi connectivity index (χ1v) is 6.44. The van der Waals surface area contributed by atoms with Gasteiger partial charge in [-0.25, -0.2) is 4.79 Å². The Kier molecular flexibility index (Phi) is 4.20. The molecule has 0 aliphatic carbocycles. The van der Waals surface area contributed by atoms with Crippen LogP contribution in [0, 0.1) is 10.1 Å². The molecule has 1 N–H and O–H groups in total. The van der Waals surface area contributed by atoms with Crippen molar-refractivity contribution in [2.45, 2.75) is 6.92 Å². The maximum atomic E-state index is 11.2. The van der Waals surface area contributed by atoms with Gasteiger partial charge in [0, 0.05) is 17.7 Å². The number of carbonyl (C=O) groups excluding carboxylic acids is 1. The highest BCUT2D eigenvalue weighted by Crippen LogP contribution is 2.27. The van der Waals surface area contributed by atoms with E-state index in [2.05, 4.69) is 15.5 Å². The van der Waals surface area contributed by atoms with Crippen molar-refractivity contribution in [2.75, 3.05) is 11.9 Å². The first-order chi connectivity index (χ1) is 9.60. The Morgan fingerprint density at radius 1 is 1.40 bits per heavy atom. The van der Waals surface area contributed by atoms with E-state index in [1.807, 2.05) is 0 Å². The first-order valence-electron chi connectivity index (χ1n) is 5.62. The summed E-state index contributed by atoms with van der Waals surface area (Å²) in [6.45, 7) is 1.96. The van der Waals surface area contributed by atoms with Crippen LogP contribution in [0.1, 0.15) is 6.92 Å². The Hall–Kier alpha value is -2.55. The third-order valence-electron chi connectivity index (χ3n) is 2.23. The average molecular weight is 294 g/mol. The summed E-state index contributed by atoms with van der Waals surface area (Å²) in [5.41, 5.74) is 0.688. The van der Waals surface area contributed by atoms with E-state index in [1.54, 1.807) is 19.1 Å². The van der Waals surface area contributed by atoms with E-state index in [0.29, 0.717) is 15.7 Å². The number of ether oxygens (including phenoxy) is 1. The molecule has 0 saturated carbocycles. The molecular weight excluding hydrogens is 284 g/mol. The normalized spacial score (nSPS) is 10.1. The number of hydrogen-bond acceptors (Lipinski definition) is 7. The van der Waals surface area contributed by atoms with Crippen molar-refractivity contribution in [3.8, 4) is 10.6 Å². The second kappa shape index (κ2) is 6.06. The van der Waals surface area contributed by atoms with E-state index in [4.69, 9.17) is 4.74 Å². The van der Waals surface area contributed by atoms with E-state index < -0.39 is 11.0 Å². The van der Waals surface area contributed by atoms with E-state index in [0.717, 1.165) is 11.3 Å². The molecule has 0 fully saturated rings. The third kappa shape index (κ3) is 3.26. The number of rotatable bonds is 4. The van der Waals surface area contributed by atoms with Gasteiger partial charge in [0.05, 0.1) is 11.5 Å². The van der Waals surface area contributed by atoms with Gasteiger partial charge in [-0.2, -0.15) is 0 Å². The van der Waals surface area contributed by atoms with Crippen molar-refractivity contribution in [3.05, 3.63) is 34.4 Å². The molecule has 9 heteroatoms. The highest BCUT2D eigenvalue weighted by molar-refractivity contribution is 7.18. The van der Waals surface area contributed by atoms with Crippen molar-refractivity contribution in [1.29, 1.82) is 0 Å². The molecule has 0 saturated heterocycles. The van der Waals surface area contributed by atoms with Crippen LogP contribution in [0.25, 0.3) is 10.6 Å². The monoisotopic (exact) mass is 294 g/mol. The summed E-state index contributed by atoms with van der Waals surface area (Å²) in [5.74, 6) is 0. The van der Waals surface area contributed by atoms with Crippen molar-refractivity contribution in [3.63, 3.8) is 0 Å². The van der Waals surface area contributed by atoms with E-state index >= 15 is 0 Å². The number of anilines is 1. The lowest BCUT2D eigenvalue weighted by atomic mass is 10.2. The quantitative estimate of drug-likeness (QED) is 0.686. The maximum Gasteiger partial charge on any atom is 0.413 e. The molecule has 1 amide bonds. The Morgan fingerprint density at radius 2 is 2.10 bits per heavy atom. The van der Waals surface area contributed by atoms with Crippen LogP contribution >= 0.6 is 11.3 Å². The Morgan fingerprint density at radius 3 is 2.70 bits per heavy atom. The second-order valence-corrected chi connectivity index (χ2v) is 4.54. The van der Waals surface area contributed by atoms with Crippen molar-refractivity contribution in [2.24, 2.45) is 0 Å². The first kappa shape index (κ1) is 13.9. The molecule has 104 valence electrons. The number of non-ortho nitro benzene ring substituents is 1. The third-order valence-corrected chi connectivity index (χ3v) is 3.12. The smallest absolute Gasteiger partial charge is 0.413 e. The summed E-state index contributed by atoms with van der Waals surface area (Å²) in [4.78, 5) is 21.3. The van der Waals surface area contributed by atoms with Gasteiger partial charge in [-0.05, 0) is 19.1 Å².